The first kappa shape index (κ1) is 9.64. The van der Waals surface area contributed by atoms with Crippen molar-refractivity contribution in [2.24, 2.45) is 7.05 Å². The van der Waals surface area contributed by atoms with Crippen LogP contribution in [0, 0.1) is 0 Å². The summed E-state index contributed by atoms with van der Waals surface area (Å²) in [5.41, 5.74) is 7.29. The summed E-state index contributed by atoms with van der Waals surface area (Å²) in [4.78, 5) is 8.49. The smallest absolute Gasteiger partial charge is 0.131 e. The zero-order chi connectivity index (χ0) is 10.8. The van der Waals surface area contributed by atoms with Crippen LogP contribution in [0.25, 0.3) is 11.4 Å². The fraction of sp³-hybridized carbons (Fsp3) is 0.300. The van der Waals surface area contributed by atoms with Crippen molar-refractivity contribution in [1.29, 1.82) is 0 Å². The normalized spacial score (nSPS) is 10.5. The summed E-state index contributed by atoms with van der Waals surface area (Å²) in [6.07, 6.45) is 2.64. The van der Waals surface area contributed by atoms with E-state index in [0.29, 0.717) is 5.82 Å². The molecular formula is C10H13N5. The molecule has 0 atom stereocenters. The number of rotatable bonds is 2. The van der Waals surface area contributed by atoms with Gasteiger partial charge in [0, 0.05) is 25.7 Å². The zero-order valence-electron chi connectivity index (χ0n) is 8.81. The molecule has 0 aliphatic rings. The van der Waals surface area contributed by atoms with Gasteiger partial charge in [0.15, 0.2) is 0 Å². The Hall–Kier alpha value is -1.91. The van der Waals surface area contributed by atoms with Crippen LogP contribution in [-0.4, -0.2) is 19.7 Å². The highest BCUT2D eigenvalue weighted by Crippen LogP contribution is 2.16. The molecule has 2 N–H and O–H groups in total. The number of nitrogen functional groups attached to an aromatic ring is 1. The van der Waals surface area contributed by atoms with Gasteiger partial charge < -0.3 is 5.73 Å². The summed E-state index contributed by atoms with van der Waals surface area (Å²) in [5.74, 6) is 1.23. The minimum atomic E-state index is 0.488. The van der Waals surface area contributed by atoms with Gasteiger partial charge >= 0.3 is 0 Å². The predicted octanol–water partition coefficient (Wildman–Crippen LogP) is 1.02. The molecule has 0 unspecified atom stereocenters. The molecule has 0 bridgehead atoms. The number of anilines is 1. The molecule has 78 valence electrons. The molecule has 5 nitrogen and oxygen atoms in total. The quantitative estimate of drug-likeness (QED) is 0.791. The van der Waals surface area contributed by atoms with Crippen molar-refractivity contribution in [2.75, 3.05) is 5.73 Å². The molecule has 2 aromatic heterocycles. The van der Waals surface area contributed by atoms with Crippen LogP contribution in [0.2, 0.25) is 0 Å². The maximum atomic E-state index is 5.69. The summed E-state index contributed by atoms with van der Waals surface area (Å²) in [6, 6.07) is 3.64. The van der Waals surface area contributed by atoms with Gasteiger partial charge in [-0.15, -0.1) is 0 Å². The lowest BCUT2D eigenvalue weighted by Gasteiger charge is -2.01. The van der Waals surface area contributed by atoms with Gasteiger partial charge in [0.1, 0.15) is 17.3 Å². The minimum Gasteiger partial charge on any atom is -0.384 e. The Kier molecular flexibility index (Phi) is 2.37. The molecule has 0 spiro atoms. The molecule has 2 heterocycles. The summed E-state index contributed by atoms with van der Waals surface area (Å²) in [7, 11) is 1.87. The van der Waals surface area contributed by atoms with Gasteiger partial charge in [0.05, 0.1) is 5.69 Å². The van der Waals surface area contributed by atoms with Gasteiger partial charge in [0.2, 0.25) is 0 Å². The molecule has 0 radical (unpaired) electrons. The van der Waals surface area contributed by atoms with Crippen LogP contribution in [0.15, 0.2) is 18.3 Å². The highest BCUT2D eigenvalue weighted by atomic mass is 15.2. The number of hydrogen-bond acceptors (Lipinski definition) is 4. The van der Waals surface area contributed by atoms with E-state index in [0.717, 1.165) is 23.6 Å². The Labute approximate surface area is 88.0 Å². The maximum absolute atomic E-state index is 5.69. The molecule has 0 aromatic carbocycles. The van der Waals surface area contributed by atoms with E-state index in [1.807, 2.05) is 26.2 Å². The standard InChI is InChI=1S/C10H13N5/c1-3-10-12-8(6-9(11)13-10)7-4-5-15(2)14-7/h4-6H,3H2,1-2H3,(H2,11,12,13). The average molecular weight is 203 g/mol. The van der Waals surface area contributed by atoms with E-state index >= 15 is 0 Å². The van der Waals surface area contributed by atoms with Crippen LogP contribution in [-0.2, 0) is 13.5 Å². The first-order valence-electron chi connectivity index (χ1n) is 4.82. The molecule has 5 heteroatoms. The molecule has 2 aromatic rings. The monoisotopic (exact) mass is 203 g/mol. The summed E-state index contributed by atoms with van der Waals surface area (Å²) in [5, 5.41) is 4.27. The van der Waals surface area contributed by atoms with Gasteiger partial charge in [-0.05, 0) is 6.07 Å². The Bertz CT molecular complexity index is 474. The first-order chi connectivity index (χ1) is 7.19. The Balaban J connectivity index is 2.48. The molecule has 0 saturated heterocycles. The van der Waals surface area contributed by atoms with Gasteiger partial charge in [-0.25, -0.2) is 9.97 Å². The van der Waals surface area contributed by atoms with Crippen molar-refractivity contribution >= 4 is 5.82 Å². The first-order valence-corrected chi connectivity index (χ1v) is 4.82. The third-order valence-electron chi connectivity index (χ3n) is 2.08. The number of hydrogen-bond donors (Lipinski definition) is 1. The van der Waals surface area contributed by atoms with Crippen LogP contribution in [0.4, 0.5) is 5.82 Å². The lowest BCUT2D eigenvalue weighted by molar-refractivity contribution is 0.769. The largest absolute Gasteiger partial charge is 0.384 e. The molecule has 0 aliphatic carbocycles. The third-order valence-corrected chi connectivity index (χ3v) is 2.08. The van der Waals surface area contributed by atoms with Gasteiger partial charge in [-0.3, -0.25) is 4.68 Å². The van der Waals surface area contributed by atoms with Crippen molar-refractivity contribution in [3.05, 3.63) is 24.2 Å². The van der Waals surface area contributed by atoms with E-state index in [9.17, 15) is 0 Å². The Morgan fingerprint density at radius 1 is 1.33 bits per heavy atom. The van der Waals surface area contributed by atoms with Crippen molar-refractivity contribution < 1.29 is 0 Å². The molecule has 2 rings (SSSR count). The van der Waals surface area contributed by atoms with Gasteiger partial charge in [0.25, 0.3) is 0 Å². The predicted molar refractivity (Wildman–Crippen MR) is 58.0 cm³/mol. The molecule has 0 aliphatic heterocycles. The lowest BCUT2D eigenvalue weighted by Crippen LogP contribution is -2.00. The van der Waals surface area contributed by atoms with E-state index in [4.69, 9.17) is 5.73 Å². The van der Waals surface area contributed by atoms with Crippen molar-refractivity contribution in [3.8, 4) is 11.4 Å². The second-order valence-corrected chi connectivity index (χ2v) is 3.32. The van der Waals surface area contributed by atoms with Crippen molar-refractivity contribution in [2.45, 2.75) is 13.3 Å². The van der Waals surface area contributed by atoms with E-state index in [1.165, 1.54) is 0 Å². The highest BCUT2D eigenvalue weighted by molar-refractivity contribution is 5.57. The summed E-state index contributed by atoms with van der Waals surface area (Å²) < 4.78 is 1.74. The van der Waals surface area contributed by atoms with Crippen LogP contribution >= 0.6 is 0 Å². The van der Waals surface area contributed by atoms with Crippen LogP contribution < -0.4 is 5.73 Å². The molecule has 15 heavy (non-hydrogen) atoms. The van der Waals surface area contributed by atoms with Crippen molar-refractivity contribution in [1.82, 2.24) is 19.7 Å². The van der Waals surface area contributed by atoms with Gasteiger partial charge in [-0.2, -0.15) is 5.10 Å². The van der Waals surface area contributed by atoms with Gasteiger partial charge in [-0.1, -0.05) is 6.92 Å². The van der Waals surface area contributed by atoms with E-state index in [2.05, 4.69) is 15.1 Å². The number of nitrogens with two attached hydrogens (primary N) is 1. The fourth-order valence-corrected chi connectivity index (χ4v) is 1.36. The average Bonchev–Trinajstić information content (AvgIpc) is 2.64. The second kappa shape index (κ2) is 3.68. The minimum absolute atomic E-state index is 0.488. The lowest BCUT2D eigenvalue weighted by atomic mass is 10.3. The van der Waals surface area contributed by atoms with Crippen molar-refractivity contribution in [3.63, 3.8) is 0 Å². The van der Waals surface area contributed by atoms with Crippen LogP contribution in [0.1, 0.15) is 12.7 Å². The molecule has 0 fully saturated rings. The number of aryl methyl sites for hydroxylation is 2. The Morgan fingerprint density at radius 2 is 2.13 bits per heavy atom. The van der Waals surface area contributed by atoms with Crippen LogP contribution in [0.5, 0.6) is 0 Å². The van der Waals surface area contributed by atoms with E-state index < -0.39 is 0 Å². The summed E-state index contributed by atoms with van der Waals surface area (Å²) >= 11 is 0. The molecule has 0 saturated carbocycles. The highest BCUT2D eigenvalue weighted by Gasteiger charge is 2.06. The van der Waals surface area contributed by atoms with E-state index in [-0.39, 0.29) is 0 Å². The molecular weight excluding hydrogens is 190 g/mol. The van der Waals surface area contributed by atoms with E-state index in [1.54, 1.807) is 10.7 Å². The topological polar surface area (TPSA) is 69.6 Å². The number of aromatic nitrogens is 4. The Morgan fingerprint density at radius 3 is 2.73 bits per heavy atom. The van der Waals surface area contributed by atoms with Crippen LogP contribution in [0.3, 0.4) is 0 Å². The SMILES string of the molecule is CCc1nc(N)cc(-c2ccn(C)n2)n1. The zero-order valence-corrected chi connectivity index (χ0v) is 8.81. The summed E-state index contributed by atoms with van der Waals surface area (Å²) in [6.45, 7) is 2.00. The maximum Gasteiger partial charge on any atom is 0.131 e. The second-order valence-electron chi connectivity index (χ2n) is 3.32. The number of nitrogens with zero attached hydrogens (tertiary/aromatic N) is 4. The molecule has 0 amide bonds. The third kappa shape index (κ3) is 1.96. The fourth-order valence-electron chi connectivity index (χ4n) is 1.36.